The average molecular weight is 436 g/mol. The van der Waals surface area contributed by atoms with Crippen molar-refractivity contribution in [3.05, 3.63) is 70.2 Å². The van der Waals surface area contributed by atoms with E-state index in [9.17, 15) is 4.79 Å². The van der Waals surface area contributed by atoms with Crippen LogP contribution >= 0.6 is 11.6 Å². The molecule has 0 radical (unpaired) electrons. The molecule has 160 valence electrons. The molecule has 1 saturated heterocycles. The number of hydrogen-bond acceptors (Lipinski definition) is 4. The summed E-state index contributed by atoms with van der Waals surface area (Å²) in [5.41, 5.74) is 6.01. The first kappa shape index (κ1) is 21.1. The molecule has 1 aliphatic rings. The zero-order valence-corrected chi connectivity index (χ0v) is 18.8. The summed E-state index contributed by atoms with van der Waals surface area (Å²) in [4.78, 5) is 16.6. The van der Waals surface area contributed by atoms with Gasteiger partial charge in [-0.05, 0) is 56.2 Å². The van der Waals surface area contributed by atoms with Gasteiger partial charge in [-0.25, -0.2) is 4.79 Å². The van der Waals surface area contributed by atoms with Crippen LogP contribution in [-0.2, 0) is 0 Å². The molecule has 31 heavy (non-hydrogen) atoms. The Morgan fingerprint density at radius 1 is 0.968 bits per heavy atom. The maximum absolute atomic E-state index is 12.7. The molecule has 4 rings (SSSR count). The lowest BCUT2D eigenvalue weighted by Gasteiger charge is -2.35. The highest BCUT2D eigenvalue weighted by Crippen LogP contribution is 2.25. The fourth-order valence-corrected chi connectivity index (χ4v) is 3.99. The standard InChI is InChI=1S/C24H26ClN5O/c1-16-7-8-19(17(2)15-16)22-9-10-23(28-27-22)29-11-13-30(14-12-29)24(31)26-21-6-4-5-20(25)18(21)3/h4-10,15H,11-14H2,1-3H3,(H,26,31). The number of rotatable bonds is 3. The zero-order chi connectivity index (χ0) is 22.0. The second-order valence-electron chi connectivity index (χ2n) is 7.91. The van der Waals surface area contributed by atoms with Gasteiger partial charge in [0.25, 0.3) is 0 Å². The Morgan fingerprint density at radius 2 is 1.74 bits per heavy atom. The summed E-state index contributed by atoms with van der Waals surface area (Å²) in [6.07, 6.45) is 0. The first-order chi connectivity index (χ1) is 14.9. The molecule has 6 nitrogen and oxygen atoms in total. The van der Waals surface area contributed by atoms with Crippen LogP contribution in [0.4, 0.5) is 16.3 Å². The lowest BCUT2D eigenvalue weighted by atomic mass is 10.0. The number of halogens is 1. The smallest absolute Gasteiger partial charge is 0.321 e. The average Bonchev–Trinajstić information content (AvgIpc) is 2.77. The predicted molar refractivity (Wildman–Crippen MR) is 126 cm³/mol. The molecule has 1 N–H and O–H groups in total. The Balaban J connectivity index is 1.37. The topological polar surface area (TPSA) is 61.4 Å². The molecule has 1 aliphatic heterocycles. The number of benzene rings is 2. The first-order valence-corrected chi connectivity index (χ1v) is 10.8. The highest BCUT2D eigenvalue weighted by Gasteiger charge is 2.23. The highest BCUT2D eigenvalue weighted by atomic mass is 35.5. The van der Waals surface area contributed by atoms with Crippen molar-refractivity contribution in [2.45, 2.75) is 20.8 Å². The number of carbonyl (C=O) groups is 1. The van der Waals surface area contributed by atoms with Crippen molar-refractivity contribution in [3.63, 3.8) is 0 Å². The zero-order valence-electron chi connectivity index (χ0n) is 18.0. The Hall–Kier alpha value is -3.12. The van der Waals surface area contributed by atoms with Gasteiger partial charge in [-0.3, -0.25) is 0 Å². The third-order valence-electron chi connectivity index (χ3n) is 5.71. The van der Waals surface area contributed by atoms with Gasteiger partial charge in [0.15, 0.2) is 5.82 Å². The van der Waals surface area contributed by atoms with Crippen LogP contribution in [0.25, 0.3) is 11.3 Å². The number of hydrogen-bond donors (Lipinski definition) is 1. The minimum atomic E-state index is -0.110. The predicted octanol–water partition coefficient (Wildman–Crippen LogP) is 5.08. The number of carbonyl (C=O) groups excluding carboxylic acids is 1. The van der Waals surface area contributed by atoms with Crippen LogP contribution in [0.5, 0.6) is 0 Å². The van der Waals surface area contributed by atoms with Crippen molar-refractivity contribution in [3.8, 4) is 11.3 Å². The molecule has 1 aromatic heterocycles. The number of piperazine rings is 1. The fourth-order valence-electron chi connectivity index (χ4n) is 3.81. The van der Waals surface area contributed by atoms with Crippen molar-refractivity contribution < 1.29 is 4.79 Å². The van der Waals surface area contributed by atoms with Gasteiger partial charge >= 0.3 is 6.03 Å². The summed E-state index contributed by atoms with van der Waals surface area (Å²) in [6, 6.07) is 15.8. The number of aromatic nitrogens is 2. The van der Waals surface area contributed by atoms with Crippen LogP contribution in [0.2, 0.25) is 5.02 Å². The van der Waals surface area contributed by atoms with Crippen molar-refractivity contribution in [1.82, 2.24) is 15.1 Å². The van der Waals surface area contributed by atoms with E-state index in [1.54, 1.807) is 0 Å². The number of amides is 2. The summed E-state index contributed by atoms with van der Waals surface area (Å²) in [5, 5.41) is 12.5. The molecular weight excluding hydrogens is 410 g/mol. The minimum absolute atomic E-state index is 0.110. The van der Waals surface area contributed by atoms with Crippen molar-refractivity contribution in [2.75, 3.05) is 36.4 Å². The van der Waals surface area contributed by atoms with Crippen molar-refractivity contribution in [2.24, 2.45) is 0 Å². The number of urea groups is 1. The molecule has 1 fully saturated rings. The van der Waals surface area contributed by atoms with Gasteiger partial charge in [-0.2, -0.15) is 0 Å². The van der Waals surface area contributed by atoms with E-state index in [4.69, 9.17) is 11.6 Å². The Kier molecular flexibility index (Phi) is 6.09. The van der Waals surface area contributed by atoms with Crippen molar-refractivity contribution >= 4 is 29.1 Å². The van der Waals surface area contributed by atoms with E-state index in [-0.39, 0.29) is 6.03 Å². The van der Waals surface area contributed by atoms with Crippen LogP contribution in [0.3, 0.4) is 0 Å². The summed E-state index contributed by atoms with van der Waals surface area (Å²) in [7, 11) is 0. The lowest BCUT2D eigenvalue weighted by molar-refractivity contribution is 0.208. The monoisotopic (exact) mass is 435 g/mol. The molecule has 7 heteroatoms. The quantitative estimate of drug-likeness (QED) is 0.623. The van der Waals surface area contributed by atoms with Gasteiger partial charge in [0.1, 0.15) is 0 Å². The Labute approximate surface area is 187 Å². The lowest BCUT2D eigenvalue weighted by Crippen LogP contribution is -2.50. The van der Waals surface area contributed by atoms with E-state index in [1.807, 2.05) is 42.2 Å². The molecule has 3 aromatic rings. The molecule has 0 bridgehead atoms. The molecule has 2 amide bonds. The second-order valence-corrected chi connectivity index (χ2v) is 8.32. The van der Waals surface area contributed by atoms with Crippen LogP contribution in [-0.4, -0.2) is 47.3 Å². The molecule has 2 aromatic carbocycles. The van der Waals surface area contributed by atoms with Crippen LogP contribution < -0.4 is 10.2 Å². The Morgan fingerprint density at radius 3 is 2.42 bits per heavy atom. The summed E-state index contributed by atoms with van der Waals surface area (Å²) >= 11 is 6.15. The minimum Gasteiger partial charge on any atom is -0.352 e. The van der Waals surface area contributed by atoms with Crippen LogP contribution in [0.15, 0.2) is 48.5 Å². The number of anilines is 2. The third kappa shape index (κ3) is 4.64. The number of nitrogens with zero attached hydrogens (tertiary/aromatic N) is 4. The largest absolute Gasteiger partial charge is 0.352 e. The molecule has 0 atom stereocenters. The van der Waals surface area contributed by atoms with Gasteiger partial charge in [0, 0.05) is 42.5 Å². The van der Waals surface area contributed by atoms with Gasteiger partial charge < -0.3 is 15.1 Å². The molecular formula is C24H26ClN5O. The number of aryl methyl sites for hydroxylation is 2. The van der Waals surface area contributed by atoms with Gasteiger partial charge in [-0.1, -0.05) is 41.4 Å². The third-order valence-corrected chi connectivity index (χ3v) is 6.12. The Bertz CT molecular complexity index is 1090. The summed E-state index contributed by atoms with van der Waals surface area (Å²) in [5.74, 6) is 0.833. The molecule has 0 unspecified atom stereocenters. The molecule has 0 aliphatic carbocycles. The maximum Gasteiger partial charge on any atom is 0.321 e. The van der Waals surface area contributed by atoms with Crippen LogP contribution in [0, 0.1) is 20.8 Å². The van der Waals surface area contributed by atoms with E-state index < -0.39 is 0 Å². The van der Waals surface area contributed by atoms with Gasteiger partial charge in [-0.15, -0.1) is 10.2 Å². The van der Waals surface area contributed by atoms with E-state index >= 15 is 0 Å². The SMILES string of the molecule is Cc1ccc(-c2ccc(N3CCN(C(=O)Nc4cccc(Cl)c4C)CC3)nn2)c(C)c1. The van der Waals surface area contributed by atoms with E-state index in [0.717, 1.165) is 28.3 Å². The molecule has 0 spiro atoms. The summed E-state index contributed by atoms with van der Waals surface area (Å²) in [6.45, 7) is 8.72. The van der Waals surface area contributed by atoms with Gasteiger partial charge in [0.05, 0.1) is 5.69 Å². The van der Waals surface area contributed by atoms with Gasteiger partial charge in [0.2, 0.25) is 0 Å². The van der Waals surface area contributed by atoms with E-state index in [2.05, 4.69) is 52.5 Å². The second kappa shape index (κ2) is 8.94. The summed E-state index contributed by atoms with van der Waals surface area (Å²) < 4.78 is 0. The van der Waals surface area contributed by atoms with E-state index in [1.165, 1.54) is 11.1 Å². The van der Waals surface area contributed by atoms with E-state index in [0.29, 0.717) is 31.2 Å². The van der Waals surface area contributed by atoms with Crippen LogP contribution in [0.1, 0.15) is 16.7 Å². The normalized spacial score (nSPS) is 13.9. The van der Waals surface area contributed by atoms with Crippen molar-refractivity contribution in [1.29, 1.82) is 0 Å². The highest BCUT2D eigenvalue weighted by molar-refractivity contribution is 6.31. The fraction of sp³-hybridized carbons (Fsp3) is 0.292. The molecule has 0 saturated carbocycles. The number of nitrogens with one attached hydrogen (secondary N) is 1. The molecule has 2 heterocycles. The maximum atomic E-state index is 12.7. The first-order valence-electron chi connectivity index (χ1n) is 10.4.